The summed E-state index contributed by atoms with van der Waals surface area (Å²) in [6, 6.07) is 0. The molecule has 0 aromatic carbocycles. The van der Waals surface area contributed by atoms with Gasteiger partial charge in [-0.3, -0.25) is 9.59 Å². The fraction of sp³-hybridized carbons (Fsp3) is 0.800. The van der Waals surface area contributed by atoms with Crippen molar-refractivity contribution in [3.8, 4) is 0 Å². The molecule has 0 bridgehead atoms. The van der Waals surface area contributed by atoms with E-state index in [4.69, 9.17) is 9.47 Å². The van der Waals surface area contributed by atoms with Gasteiger partial charge in [0.2, 0.25) is 0 Å². The largest absolute Gasteiger partial charge is 0.510 e. The second-order valence-electron chi connectivity index (χ2n) is 5.94. The summed E-state index contributed by atoms with van der Waals surface area (Å²) in [6.45, 7) is 0. The molecule has 0 atom stereocenters. The summed E-state index contributed by atoms with van der Waals surface area (Å²) in [5, 5.41) is 0. The number of carbonyl (C=O) groups excluding carboxylic acids is 3. The lowest BCUT2D eigenvalue weighted by atomic mass is 9.85. The van der Waals surface area contributed by atoms with Crippen LogP contribution in [0.5, 0.6) is 0 Å². The van der Waals surface area contributed by atoms with Gasteiger partial charge in [-0.15, -0.1) is 0 Å². The molecule has 20 heavy (non-hydrogen) atoms. The summed E-state index contributed by atoms with van der Waals surface area (Å²) < 4.78 is 10.5. The van der Waals surface area contributed by atoms with Crippen LogP contribution in [-0.4, -0.2) is 29.9 Å². The topological polar surface area (TPSA) is 69.7 Å². The average molecular weight is 282 g/mol. The van der Waals surface area contributed by atoms with E-state index >= 15 is 0 Å². The average Bonchev–Trinajstić information content (AvgIpc) is 2.49. The highest BCUT2D eigenvalue weighted by molar-refractivity contribution is 5.73. The zero-order valence-electron chi connectivity index (χ0n) is 11.8. The van der Waals surface area contributed by atoms with Crippen molar-refractivity contribution >= 4 is 18.7 Å². The van der Waals surface area contributed by atoms with E-state index in [0.717, 1.165) is 38.5 Å². The van der Waals surface area contributed by atoms with Crippen molar-refractivity contribution in [3.05, 3.63) is 0 Å². The lowest BCUT2D eigenvalue weighted by Crippen LogP contribution is -2.44. The Balaban J connectivity index is 1.96. The third kappa shape index (κ3) is 3.38. The molecule has 5 nitrogen and oxygen atoms in total. The predicted molar refractivity (Wildman–Crippen MR) is 71.3 cm³/mol. The number of hydrogen-bond donors (Lipinski definition) is 0. The molecule has 2 aliphatic carbocycles. The Kier molecular flexibility index (Phi) is 4.78. The van der Waals surface area contributed by atoms with Crippen LogP contribution in [0.4, 0.5) is 4.79 Å². The quantitative estimate of drug-likeness (QED) is 0.585. The molecular weight excluding hydrogens is 260 g/mol. The Hall–Kier alpha value is -1.39. The molecule has 0 aromatic heterocycles. The normalized spacial score (nSPS) is 24.4. The third-order valence-electron chi connectivity index (χ3n) is 4.40. The molecule has 0 unspecified atom stereocenters. The summed E-state index contributed by atoms with van der Waals surface area (Å²) in [7, 11) is 0. The van der Waals surface area contributed by atoms with Crippen LogP contribution in [0.2, 0.25) is 0 Å². The van der Waals surface area contributed by atoms with Gasteiger partial charge in [-0.1, -0.05) is 12.8 Å². The van der Waals surface area contributed by atoms with E-state index in [-0.39, 0.29) is 0 Å². The number of hydrogen-bond acceptors (Lipinski definition) is 5. The molecule has 0 radical (unpaired) electrons. The van der Waals surface area contributed by atoms with Gasteiger partial charge in [0.25, 0.3) is 0 Å². The van der Waals surface area contributed by atoms with Crippen molar-refractivity contribution in [1.29, 1.82) is 0 Å². The predicted octanol–water partition coefficient (Wildman–Crippen LogP) is 2.94. The molecule has 5 heteroatoms. The maximum absolute atomic E-state index is 11.9. The summed E-state index contributed by atoms with van der Waals surface area (Å²) in [6.07, 6.45) is 8.26. The van der Waals surface area contributed by atoms with E-state index in [0.29, 0.717) is 38.3 Å². The van der Waals surface area contributed by atoms with Crippen LogP contribution in [0, 0.1) is 0 Å². The van der Waals surface area contributed by atoms with Crippen molar-refractivity contribution in [2.45, 2.75) is 75.4 Å². The van der Waals surface area contributed by atoms with Crippen molar-refractivity contribution in [2.24, 2.45) is 0 Å². The molecule has 112 valence electrons. The van der Waals surface area contributed by atoms with Crippen molar-refractivity contribution in [1.82, 2.24) is 0 Å². The van der Waals surface area contributed by atoms with Crippen molar-refractivity contribution in [2.75, 3.05) is 0 Å². The van der Waals surface area contributed by atoms with Gasteiger partial charge >= 0.3 is 6.16 Å². The maximum Gasteiger partial charge on any atom is 0.510 e. The SMILES string of the molecule is O=CC1(OC(=O)OC2(C=O)CCCCC2)CCCCC1. The number of carbonyl (C=O) groups is 3. The van der Waals surface area contributed by atoms with Gasteiger partial charge in [-0.25, -0.2) is 4.79 Å². The van der Waals surface area contributed by atoms with Gasteiger partial charge in [-0.2, -0.15) is 0 Å². The van der Waals surface area contributed by atoms with Crippen LogP contribution >= 0.6 is 0 Å². The molecule has 0 aliphatic heterocycles. The highest BCUT2D eigenvalue weighted by Crippen LogP contribution is 2.33. The Morgan fingerprint density at radius 2 is 1.05 bits per heavy atom. The lowest BCUT2D eigenvalue weighted by Gasteiger charge is -2.35. The van der Waals surface area contributed by atoms with E-state index in [1.165, 1.54) is 0 Å². The summed E-state index contributed by atoms with van der Waals surface area (Å²) in [5.41, 5.74) is -2.10. The maximum atomic E-state index is 11.9. The first-order valence-corrected chi connectivity index (χ1v) is 7.48. The number of rotatable bonds is 4. The number of ether oxygens (including phenoxy) is 2. The highest BCUT2D eigenvalue weighted by atomic mass is 16.7. The second kappa shape index (κ2) is 6.37. The first kappa shape index (κ1) is 15.0. The minimum Gasteiger partial charge on any atom is -0.420 e. The molecule has 0 heterocycles. The molecule has 2 rings (SSSR count). The fourth-order valence-electron chi connectivity index (χ4n) is 3.14. The third-order valence-corrected chi connectivity index (χ3v) is 4.40. The zero-order valence-corrected chi connectivity index (χ0v) is 11.8. The van der Waals surface area contributed by atoms with E-state index in [9.17, 15) is 14.4 Å². The first-order valence-electron chi connectivity index (χ1n) is 7.48. The van der Waals surface area contributed by atoms with Gasteiger partial charge in [0.05, 0.1) is 0 Å². The lowest BCUT2D eigenvalue weighted by molar-refractivity contribution is -0.143. The molecule has 2 saturated carbocycles. The monoisotopic (exact) mass is 282 g/mol. The molecule has 0 saturated heterocycles. The highest BCUT2D eigenvalue weighted by Gasteiger charge is 2.41. The minimum absolute atomic E-state index is 0.541. The Morgan fingerprint density at radius 1 is 0.700 bits per heavy atom. The van der Waals surface area contributed by atoms with Gasteiger partial charge < -0.3 is 9.47 Å². The molecule has 0 amide bonds. The van der Waals surface area contributed by atoms with Crippen LogP contribution in [0.15, 0.2) is 0 Å². The van der Waals surface area contributed by atoms with Crippen molar-refractivity contribution < 1.29 is 23.9 Å². The Labute approximate surface area is 119 Å². The summed E-state index contributed by atoms with van der Waals surface area (Å²) >= 11 is 0. The van der Waals surface area contributed by atoms with Crippen LogP contribution in [0.3, 0.4) is 0 Å². The van der Waals surface area contributed by atoms with Crippen LogP contribution in [-0.2, 0) is 19.1 Å². The number of aldehydes is 2. The summed E-state index contributed by atoms with van der Waals surface area (Å²) in [4.78, 5) is 34.5. The minimum atomic E-state index is -1.05. The Bertz CT molecular complexity index is 330. The van der Waals surface area contributed by atoms with Crippen LogP contribution in [0.25, 0.3) is 0 Å². The molecule has 0 N–H and O–H groups in total. The van der Waals surface area contributed by atoms with Crippen LogP contribution in [0.1, 0.15) is 64.2 Å². The standard InChI is InChI=1S/C15H22O5/c16-11-14(7-3-1-4-8-14)19-13(18)20-15(12-17)9-5-2-6-10-15/h11-12H,1-10H2. The van der Waals surface area contributed by atoms with Crippen LogP contribution < -0.4 is 0 Å². The molecular formula is C15H22O5. The second-order valence-corrected chi connectivity index (χ2v) is 5.94. The van der Waals surface area contributed by atoms with E-state index in [1.807, 2.05) is 0 Å². The molecule has 2 fully saturated rings. The van der Waals surface area contributed by atoms with E-state index < -0.39 is 17.4 Å². The first-order chi connectivity index (χ1) is 9.64. The van der Waals surface area contributed by atoms with Crippen molar-refractivity contribution in [3.63, 3.8) is 0 Å². The smallest absolute Gasteiger partial charge is 0.420 e. The van der Waals surface area contributed by atoms with E-state index in [2.05, 4.69) is 0 Å². The van der Waals surface area contributed by atoms with Gasteiger partial charge in [0.15, 0.2) is 23.8 Å². The van der Waals surface area contributed by atoms with Gasteiger partial charge in [0, 0.05) is 0 Å². The van der Waals surface area contributed by atoms with Gasteiger partial charge in [-0.05, 0) is 51.4 Å². The molecule has 2 aliphatic rings. The Morgan fingerprint density at radius 3 is 1.35 bits per heavy atom. The molecule has 0 spiro atoms. The fourth-order valence-corrected chi connectivity index (χ4v) is 3.14. The summed E-state index contributed by atoms with van der Waals surface area (Å²) in [5.74, 6) is 0. The van der Waals surface area contributed by atoms with E-state index in [1.54, 1.807) is 0 Å². The zero-order chi connectivity index (χ0) is 14.5. The van der Waals surface area contributed by atoms with Gasteiger partial charge in [0.1, 0.15) is 0 Å². The molecule has 0 aromatic rings.